The van der Waals surface area contributed by atoms with Crippen molar-refractivity contribution < 1.29 is 0 Å². The van der Waals surface area contributed by atoms with E-state index in [0.29, 0.717) is 16.0 Å². The molecular formula is C11H7Br2ClN2O. The lowest BCUT2D eigenvalue weighted by atomic mass is 10.2. The lowest BCUT2D eigenvalue weighted by molar-refractivity contribution is 0.751. The quantitative estimate of drug-likeness (QED) is 0.802. The normalized spacial score (nSPS) is 10.5. The Morgan fingerprint density at radius 3 is 2.88 bits per heavy atom. The van der Waals surface area contributed by atoms with E-state index in [2.05, 4.69) is 36.8 Å². The fraction of sp³-hybridized carbons (Fsp3) is 0.0909. The van der Waals surface area contributed by atoms with Crippen molar-refractivity contribution in [3.8, 4) is 0 Å². The number of halogens is 3. The smallest absolute Gasteiger partial charge is 0.265 e. The molecule has 0 aliphatic carbocycles. The molecular weight excluding hydrogens is 371 g/mol. The van der Waals surface area contributed by atoms with Gasteiger partial charge in [0.15, 0.2) is 0 Å². The van der Waals surface area contributed by atoms with Gasteiger partial charge in [-0.2, -0.15) is 0 Å². The molecule has 0 spiro atoms. The summed E-state index contributed by atoms with van der Waals surface area (Å²) in [6.07, 6.45) is 4.94. The van der Waals surface area contributed by atoms with E-state index in [-0.39, 0.29) is 5.56 Å². The van der Waals surface area contributed by atoms with E-state index in [1.807, 2.05) is 0 Å². The fourth-order valence-corrected chi connectivity index (χ4v) is 2.83. The molecule has 88 valence electrons. The van der Waals surface area contributed by atoms with Crippen LogP contribution in [0.5, 0.6) is 0 Å². The molecule has 0 aliphatic rings. The molecule has 0 amide bonds. The molecule has 3 nitrogen and oxygen atoms in total. The third kappa shape index (κ3) is 2.97. The molecule has 0 radical (unpaired) electrons. The Kier molecular flexibility index (Phi) is 4.01. The molecule has 2 heterocycles. The summed E-state index contributed by atoms with van der Waals surface area (Å²) in [5, 5.41) is 0.551. The molecule has 0 aliphatic heterocycles. The van der Waals surface area contributed by atoms with Gasteiger partial charge in [-0.05, 0) is 49.6 Å². The number of pyridine rings is 2. The van der Waals surface area contributed by atoms with Gasteiger partial charge in [0, 0.05) is 23.1 Å². The maximum Gasteiger partial charge on any atom is 0.265 e. The SMILES string of the molecule is O=c1c(Br)cc(Br)cn1Cc1ccncc1Cl. The molecule has 0 atom stereocenters. The zero-order valence-corrected chi connectivity index (χ0v) is 12.5. The molecule has 0 aromatic carbocycles. The number of hydrogen-bond acceptors (Lipinski definition) is 2. The van der Waals surface area contributed by atoms with Gasteiger partial charge in [-0.3, -0.25) is 9.78 Å². The van der Waals surface area contributed by atoms with E-state index in [1.54, 1.807) is 35.3 Å². The molecule has 0 unspecified atom stereocenters. The molecule has 0 fully saturated rings. The minimum absolute atomic E-state index is 0.0962. The van der Waals surface area contributed by atoms with Gasteiger partial charge in [-0.25, -0.2) is 0 Å². The van der Waals surface area contributed by atoms with Gasteiger partial charge in [-0.15, -0.1) is 0 Å². The summed E-state index contributed by atoms with van der Waals surface area (Å²) in [7, 11) is 0. The zero-order chi connectivity index (χ0) is 12.4. The average Bonchev–Trinajstić information content (AvgIpc) is 2.28. The molecule has 2 aromatic rings. The topological polar surface area (TPSA) is 34.9 Å². The lowest BCUT2D eigenvalue weighted by Gasteiger charge is -2.08. The van der Waals surface area contributed by atoms with Crippen LogP contribution in [0.15, 0.2) is 44.5 Å². The van der Waals surface area contributed by atoms with Crippen molar-refractivity contribution in [2.24, 2.45) is 0 Å². The fourth-order valence-electron chi connectivity index (χ4n) is 1.40. The van der Waals surface area contributed by atoms with Gasteiger partial charge in [0.2, 0.25) is 0 Å². The van der Waals surface area contributed by atoms with Gasteiger partial charge in [0.1, 0.15) is 0 Å². The van der Waals surface area contributed by atoms with E-state index >= 15 is 0 Å². The highest BCUT2D eigenvalue weighted by atomic mass is 79.9. The standard InChI is InChI=1S/C11H7Br2ClN2O/c12-8-3-9(13)11(17)16(6-8)5-7-1-2-15-4-10(7)14/h1-4,6H,5H2. The van der Waals surface area contributed by atoms with E-state index in [4.69, 9.17) is 11.6 Å². The summed E-state index contributed by atoms with van der Waals surface area (Å²) in [5.41, 5.74) is 0.759. The third-order valence-electron chi connectivity index (χ3n) is 2.21. The van der Waals surface area contributed by atoms with Crippen LogP contribution in [0, 0.1) is 0 Å². The van der Waals surface area contributed by atoms with Crippen molar-refractivity contribution in [3.63, 3.8) is 0 Å². The third-order valence-corrected chi connectivity index (χ3v) is 3.55. The number of hydrogen-bond donors (Lipinski definition) is 0. The van der Waals surface area contributed by atoms with Crippen molar-refractivity contribution in [3.05, 3.63) is 60.6 Å². The van der Waals surface area contributed by atoms with Crippen LogP contribution >= 0.6 is 43.5 Å². The molecule has 17 heavy (non-hydrogen) atoms. The van der Waals surface area contributed by atoms with Crippen molar-refractivity contribution in [1.82, 2.24) is 9.55 Å². The number of aromatic nitrogens is 2. The predicted octanol–water partition coefficient (Wildman–Crippen LogP) is 3.47. The van der Waals surface area contributed by atoms with Crippen LogP contribution in [-0.4, -0.2) is 9.55 Å². The molecule has 2 rings (SSSR count). The van der Waals surface area contributed by atoms with Crippen LogP contribution in [0.4, 0.5) is 0 Å². The largest absolute Gasteiger partial charge is 0.309 e. The first-order chi connectivity index (χ1) is 8.08. The van der Waals surface area contributed by atoms with E-state index < -0.39 is 0 Å². The van der Waals surface area contributed by atoms with Gasteiger partial charge >= 0.3 is 0 Å². The molecule has 0 saturated carbocycles. The first kappa shape index (κ1) is 12.8. The highest BCUT2D eigenvalue weighted by Gasteiger charge is 2.06. The predicted molar refractivity (Wildman–Crippen MR) is 74.5 cm³/mol. The maximum atomic E-state index is 11.9. The van der Waals surface area contributed by atoms with Crippen LogP contribution in [0.3, 0.4) is 0 Å². The minimum Gasteiger partial charge on any atom is -0.309 e. The van der Waals surface area contributed by atoms with Crippen molar-refractivity contribution in [2.45, 2.75) is 6.54 Å². The first-order valence-electron chi connectivity index (χ1n) is 4.72. The van der Waals surface area contributed by atoms with Crippen LogP contribution in [0.2, 0.25) is 5.02 Å². The summed E-state index contributed by atoms with van der Waals surface area (Å²) < 4.78 is 2.92. The molecule has 0 bridgehead atoms. The molecule has 6 heteroatoms. The minimum atomic E-state index is -0.0962. The molecule has 0 N–H and O–H groups in total. The summed E-state index contributed by atoms with van der Waals surface area (Å²) in [6.45, 7) is 0.415. The highest BCUT2D eigenvalue weighted by Crippen LogP contribution is 2.17. The highest BCUT2D eigenvalue weighted by molar-refractivity contribution is 9.11. The summed E-state index contributed by atoms with van der Waals surface area (Å²) in [5.74, 6) is 0. The molecule has 0 saturated heterocycles. The van der Waals surface area contributed by atoms with Gasteiger partial charge in [-0.1, -0.05) is 11.6 Å². The van der Waals surface area contributed by atoms with Crippen molar-refractivity contribution >= 4 is 43.5 Å². The van der Waals surface area contributed by atoms with Gasteiger partial charge in [0.25, 0.3) is 5.56 Å². The Morgan fingerprint density at radius 2 is 2.18 bits per heavy atom. The van der Waals surface area contributed by atoms with E-state index in [9.17, 15) is 4.79 Å². The van der Waals surface area contributed by atoms with Crippen LogP contribution < -0.4 is 5.56 Å². The van der Waals surface area contributed by atoms with Crippen LogP contribution in [-0.2, 0) is 6.54 Å². The van der Waals surface area contributed by atoms with Crippen LogP contribution in [0.1, 0.15) is 5.56 Å². The second-order valence-electron chi connectivity index (χ2n) is 3.41. The zero-order valence-electron chi connectivity index (χ0n) is 8.53. The van der Waals surface area contributed by atoms with E-state index in [1.165, 1.54) is 0 Å². The summed E-state index contributed by atoms with van der Waals surface area (Å²) in [6, 6.07) is 3.51. The Balaban J connectivity index is 2.44. The Labute approximate surface area is 120 Å². The van der Waals surface area contributed by atoms with Crippen LogP contribution in [0.25, 0.3) is 0 Å². The van der Waals surface area contributed by atoms with Crippen molar-refractivity contribution in [2.75, 3.05) is 0 Å². The molecule has 2 aromatic heterocycles. The van der Waals surface area contributed by atoms with E-state index in [0.717, 1.165) is 10.0 Å². The Morgan fingerprint density at radius 1 is 1.41 bits per heavy atom. The lowest BCUT2D eigenvalue weighted by Crippen LogP contribution is -2.20. The van der Waals surface area contributed by atoms with Crippen molar-refractivity contribution in [1.29, 1.82) is 0 Å². The Hall–Kier alpha value is -0.650. The summed E-state index contributed by atoms with van der Waals surface area (Å²) in [4.78, 5) is 15.8. The number of rotatable bonds is 2. The monoisotopic (exact) mass is 376 g/mol. The second kappa shape index (κ2) is 5.33. The van der Waals surface area contributed by atoms with Gasteiger partial charge in [0.05, 0.1) is 16.0 Å². The average molecular weight is 378 g/mol. The number of nitrogens with zero attached hydrogens (tertiary/aromatic N) is 2. The first-order valence-corrected chi connectivity index (χ1v) is 6.68. The maximum absolute atomic E-state index is 11.9. The summed E-state index contributed by atoms with van der Waals surface area (Å²) >= 11 is 12.6. The Bertz CT molecular complexity index is 613. The second-order valence-corrected chi connectivity index (χ2v) is 5.58. The van der Waals surface area contributed by atoms with Gasteiger partial charge < -0.3 is 4.57 Å².